The largest absolute Gasteiger partial charge is 0.360 e. The molecule has 0 aliphatic carbocycles. The average Bonchev–Trinajstić information content (AvgIpc) is 3.40. The summed E-state index contributed by atoms with van der Waals surface area (Å²) in [5, 5.41) is 4.27. The van der Waals surface area contributed by atoms with Crippen LogP contribution in [0.2, 0.25) is 0 Å². The van der Waals surface area contributed by atoms with E-state index in [1.165, 1.54) is 70.6 Å². The minimum Gasteiger partial charge on any atom is -0.360 e. The SMILES string of the molecule is CCCCCCCCCCCCCC[C@H]1OC(C)(C)O[C@H]1[C@H](COC(c1ccccc1)(c1ccccc1)c1ccccc1)N=[N+]=[N-]. The zero-order valence-electron chi connectivity index (χ0n) is 28.4. The van der Waals surface area contributed by atoms with Crippen LogP contribution in [0, 0.1) is 0 Å². The lowest BCUT2D eigenvalue weighted by molar-refractivity contribution is -0.150. The van der Waals surface area contributed by atoms with Gasteiger partial charge in [0.1, 0.15) is 5.60 Å². The molecule has 4 rings (SSSR count). The fourth-order valence-electron chi connectivity index (χ4n) is 6.84. The molecule has 1 saturated heterocycles. The summed E-state index contributed by atoms with van der Waals surface area (Å²) in [6.07, 6.45) is 16.0. The van der Waals surface area contributed by atoms with Crippen molar-refractivity contribution >= 4 is 0 Å². The number of benzene rings is 3. The lowest BCUT2D eigenvalue weighted by atomic mass is 9.80. The molecule has 1 fully saturated rings. The van der Waals surface area contributed by atoms with E-state index >= 15 is 0 Å². The van der Waals surface area contributed by atoms with Gasteiger partial charge in [-0.05, 0) is 42.5 Å². The molecule has 0 unspecified atom stereocenters. The van der Waals surface area contributed by atoms with Crippen LogP contribution in [0.3, 0.4) is 0 Å². The molecule has 0 spiro atoms. The Kier molecular flexibility index (Phi) is 14.6. The first-order chi connectivity index (χ1) is 22.5. The summed E-state index contributed by atoms with van der Waals surface area (Å²) in [6, 6.07) is 30.2. The van der Waals surface area contributed by atoms with Crippen LogP contribution in [0.15, 0.2) is 96.1 Å². The van der Waals surface area contributed by atoms with Crippen LogP contribution in [-0.4, -0.2) is 30.6 Å². The van der Waals surface area contributed by atoms with Crippen molar-refractivity contribution in [3.63, 3.8) is 0 Å². The topological polar surface area (TPSA) is 76.5 Å². The van der Waals surface area contributed by atoms with E-state index in [9.17, 15) is 5.53 Å². The summed E-state index contributed by atoms with van der Waals surface area (Å²) >= 11 is 0. The van der Waals surface area contributed by atoms with Crippen molar-refractivity contribution in [2.45, 2.75) is 134 Å². The zero-order chi connectivity index (χ0) is 32.5. The summed E-state index contributed by atoms with van der Waals surface area (Å²) in [4.78, 5) is 3.26. The van der Waals surface area contributed by atoms with Crippen LogP contribution in [0.1, 0.15) is 121 Å². The molecule has 6 nitrogen and oxygen atoms in total. The molecular formula is C40H55N3O3. The highest BCUT2D eigenvalue weighted by molar-refractivity contribution is 5.47. The van der Waals surface area contributed by atoms with Gasteiger partial charge in [0.2, 0.25) is 0 Å². The second-order valence-corrected chi connectivity index (χ2v) is 13.2. The molecule has 0 radical (unpaired) electrons. The second-order valence-electron chi connectivity index (χ2n) is 13.2. The predicted molar refractivity (Wildman–Crippen MR) is 188 cm³/mol. The molecular weight excluding hydrogens is 570 g/mol. The van der Waals surface area contributed by atoms with E-state index in [4.69, 9.17) is 14.2 Å². The summed E-state index contributed by atoms with van der Waals surface area (Å²) < 4.78 is 19.9. The smallest absolute Gasteiger partial charge is 0.163 e. The predicted octanol–water partition coefficient (Wildman–Crippen LogP) is 11.3. The van der Waals surface area contributed by atoms with Crippen LogP contribution in [-0.2, 0) is 19.8 Å². The van der Waals surface area contributed by atoms with Crippen molar-refractivity contribution in [1.82, 2.24) is 0 Å². The van der Waals surface area contributed by atoms with E-state index < -0.39 is 23.5 Å². The Hall–Kier alpha value is -3.15. The number of nitrogens with zero attached hydrogens (tertiary/aromatic N) is 3. The van der Waals surface area contributed by atoms with E-state index in [1.54, 1.807) is 0 Å². The van der Waals surface area contributed by atoms with Crippen LogP contribution >= 0.6 is 0 Å². The highest BCUT2D eigenvalue weighted by atomic mass is 16.8. The molecule has 0 bridgehead atoms. The monoisotopic (exact) mass is 625 g/mol. The van der Waals surface area contributed by atoms with E-state index in [1.807, 2.05) is 68.4 Å². The van der Waals surface area contributed by atoms with Gasteiger partial charge in [0.05, 0.1) is 24.9 Å². The van der Waals surface area contributed by atoms with Crippen LogP contribution in [0.5, 0.6) is 0 Å². The Balaban J connectivity index is 1.42. The number of unbranched alkanes of at least 4 members (excludes halogenated alkanes) is 11. The molecule has 0 aromatic heterocycles. The molecule has 3 aromatic rings. The van der Waals surface area contributed by atoms with Gasteiger partial charge in [-0.1, -0.05) is 180 Å². The number of azide groups is 1. The summed E-state index contributed by atoms with van der Waals surface area (Å²) in [5.74, 6) is -0.759. The molecule has 0 saturated carbocycles. The molecule has 248 valence electrons. The van der Waals surface area contributed by atoms with Gasteiger partial charge in [-0.25, -0.2) is 0 Å². The first kappa shape index (κ1) is 35.7. The van der Waals surface area contributed by atoms with Crippen LogP contribution in [0.4, 0.5) is 0 Å². The van der Waals surface area contributed by atoms with Crippen molar-refractivity contribution in [2.75, 3.05) is 6.61 Å². The first-order valence-electron chi connectivity index (χ1n) is 17.7. The van der Waals surface area contributed by atoms with Gasteiger partial charge in [0.15, 0.2) is 5.79 Å². The van der Waals surface area contributed by atoms with E-state index in [2.05, 4.69) is 53.3 Å². The van der Waals surface area contributed by atoms with Crippen molar-refractivity contribution in [1.29, 1.82) is 0 Å². The van der Waals surface area contributed by atoms with Gasteiger partial charge in [0.25, 0.3) is 0 Å². The average molecular weight is 626 g/mol. The normalized spacial score (nSPS) is 18.2. The Morgan fingerprint density at radius 1 is 0.696 bits per heavy atom. The molecule has 3 aromatic carbocycles. The van der Waals surface area contributed by atoms with E-state index in [0.29, 0.717) is 0 Å². The van der Waals surface area contributed by atoms with Crippen molar-refractivity contribution < 1.29 is 14.2 Å². The maximum Gasteiger partial charge on any atom is 0.163 e. The zero-order valence-corrected chi connectivity index (χ0v) is 28.4. The number of ether oxygens (including phenoxy) is 3. The fraction of sp³-hybridized carbons (Fsp3) is 0.550. The van der Waals surface area contributed by atoms with Gasteiger partial charge in [0, 0.05) is 4.91 Å². The third kappa shape index (κ3) is 10.2. The molecule has 1 aliphatic rings. The second kappa shape index (κ2) is 18.9. The number of rotatable bonds is 21. The van der Waals surface area contributed by atoms with Gasteiger partial charge in [-0.3, -0.25) is 0 Å². The molecule has 0 amide bonds. The van der Waals surface area contributed by atoms with Crippen LogP contribution < -0.4 is 0 Å². The van der Waals surface area contributed by atoms with Gasteiger partial charge < -0.3 is 14.2 Å². The van der Waals surface area contributed by atoms with Crippen molar-refractivity contribution in [3.05, 3.63) is 118 Å². The maximum absolute atomic E-state index is 9.69. The van der Waals surface area contributed by atoms with E-state index in [-0.39, 0.29) is 12.7 Å². The highest BCUT2D eigenvalue weighted by Gasteiger charge is 2.46. The third-order valence-corrected chi connectivity index (χ3v) is 9.15. The van der Waals surface area contributed by atoms with Crippen LogP contribution in [0.25, 0.3) is 10.4 Å². The molecule has 1 heterocycles. The van der Waals surface area contributed by atoms with Gasteiger partial charge in [-0.2, -0.15) is 0 Å². The quantitative estimate of drug-likeness (QED) is 0.0388. The van der Waals surface area contributed by atoms with Crippen molar-refractivity contribution in [3.8, 4) is 0 Å². The highest BCUT2D eigenvalue weighted by Crippen LogP contribution is 2.42. The molecule has 46 heavy (non-hydrogen) atoms. The minimum atomic E-state index is -0.910. The number of hydrogen-bond donors (Lipinski definition) is 0. The fourth-order valence-corrected chi connectivity index (χ4v) is 6.84. The first-order valence-corrected chi connectivity index (χ1v) is 17.7. The Bertz CT molecular complexity index is 1200. The lowest BCUT2D eigenvalue weighted by Crippen LogP contribution is -2.41. The molecule has 1 aliphatic heterocycles. The minimum absolute atomic E-state index is 0.168. The van der Waals surface area contributed by atoms with E-state index in [0.717, 1.165) is 29.5 Å². The summed E-state index contributed by atoms with van der Waals surface area (Å²) in [7, 11) is 0. The summed E-state index contributed by atoms with van der Waals surface area (Å²) in [5.41, 5.74) is 11.8. The Morgan fingerprint density at radius 2 is 1.13 bits per heavy atom. The van der Waals surface area contributed by atoms with Gasteiger partial charge >= 0.3 is 0 Å². The standard InChI is InChI=1S/C40H55N3O3/c1-4-5-6-7-8-9-10-11-12-13-14-24-31-37-38(46-39(2,3)45-37)36(42-43-41)32-44-40(33-25-18-15-19-26-33,34-27-20-16-21-28-34)35-29-22-17-23-30-35/h15-23,25-30,36-38H,4-14,24,31-32H2,1-3H3/t36-,37+,38-/m0/s1. The molecule has 3 atom stereocenters. The lowest BCUT2D eigenvalue weighted by Gasteiger charge is -2.37. The maximum atomic E-state index is 9.69. The summed E-state index contributed by atoms with van der Waals surface area (Å²) in [6.45, 7) is 6.33. The van der Waals surface area contributed by atoms with Gasteiger partial charge in [-0.15, -0.1) is 0 Å². The Labute approximate surface area is 277 Å². The Morgan fingerprint density at radius 3 is 1.57 bits per heavy atom. The number of hydrogen-bond acceptors (Lipinski definition) is 4. The van der Waals surface area contributed by atoms with Crippen molar-refractivity contribution in [2.24, 2.45) is 5.11 Å². The molecule has 6 heteroatoms. The third-order valence-electron chi connectivity index (χ3n) is 9.15. The molecule has 0 N–H and O–H groups in total.